The lowest BCUT2D eigenvalue weighted by Crippen LogP contribution is -2.64. The molecule has 32 heavy (non-hydrogen) atoms. The van der Waals surface area contributed by atoms with Gasteiger partial charge in [-0.25, -0.2) is 0 Å². The smallest absolute Gasteiger partial charge is 0.303 e. The average Bonchev–Trinajstić information content (AvgIpc) is 3.05. The molecule has 4 rings (SSSR count). The van der Waals surface area contributed by atoms with Crippen LogP contribution >= 0.6 is 0 Å². The molecule has 4 aliphatic carbocycles. The zero-order chi connectivity index (χ0) is 23.3. The van der Waals surface area contributed by atoms with Crippen LogP contribution in [0.3, 0.4) is 0 Å². The molecule has 0 heterocycles. The molecule has 4 fully saturated rings. The minimum absolute atomic E-state index is 0.0170. The zero-order valence-corrected chi connectivity index (χ0v) is 21.8. The van der Waals surface area contributed by atoms with E-state index in [4.69, 9.17) is 4.74 Å². The molecule has 0 radical (unpaired) electrons. The Morgan fingerprint density at radius 3 is 2.41 bits per heavy atom. The summed E-state index contributed by atoms with van der Waals surface area (Å²) in [5.74, 6) is 4.60. The molecule has 0 spiro atoms. The van der Waals surface area contributed by atoms with Crippen LogP contribution in [0.2, 0.25) is 0 Å². The topological polar surface area (TPSA) is 46.5 Å². The van der Waals surface area contributed by atoms with Crippen LogP contribution < -0.4 is 0 Å². The Hall–Kier alpha value is -0.570. The second-order valence-electron chi connectivity index (χ2n) is 13.3. The number of fused-ring (bicyclic) bond motifs is 5. The monoisotopic (exact) mass is 446 g/mol. The number of ether oxygens (including phenoxy) is 1. The van der Waals surface area contributed by atoms with Crippen LogP contribution in [0.5, 0.6) is 0 Å². The summed E-state index contributed by atoms with van der Waals surface area (Å²) in [5.41, 5.74) is 0.0566. The third-order valence-corrected chi connectivity index (χ3v) is 11.3. The van der Waals surface area contributed by atoms with Gasteiger partial charge in [0.25, 0.3) is 0 Å². The van der Waals surface area contributed by atoms with Crippen molar-refractivity contribution in [2.24, 2.45) is 46.3 Å². The van der Waals surface area contributed by atoms with E-state index >= 15 is 0 Å². The van der Waals surface area contributed by atoms with Gasteiger partial charge in [0.2, 0.25) is 0 Å². The van der Waals surface area contributed by atoms with E-state index in [9.17, 15) is 9.90 Å². The molecule has 0 aromatic carbocycles. The first kappa shape index (κ1) is 24.6. The molecular weight excluding hydrogens is 396 g/mol. The van der Waals surface area contributed by atoms with Crippen LogP contribution in [0.1, 0.15) is 119 Å². The van der Waals surface area contributed by atoms with Gasteiger partial charge in [0, 0.05) is 18.8 Å². The maximum absolute atomic E-state index is 12.1. The van der Waals surface area contributed by atoms with Crippen LogP contribution in [0.4, 0.5) is 0 Å². The van der Waals surface area contributed by atoms with Crippen molar-refractivity contribution in [3.05, 3.63) is 0 Å². The van der Waals surface area contributed by atoms with Crippen molar-refractivity contribution in [3.63, 3.8) is 0 Å². The van der Waals surface area contributed by atoms with Gasteiger partial charge >= 0.3 is 5.97 Å². The summed E-state index contributed by atoms with van der Waals surface area (Å²) in [4.78, 5) is 12.1. The molecule has 3 heteroatoms. The number of hydrogen-bond acceptors (Lipinski definition) is 3. The van der Waals surface area contributed by atoms with E-state index in [-0.39, 0.29) is 17.5 Å². The first-order valence-electron chi connectivity index (χ1n) is 13.9. The lowest BCUT2D eigenvalue weighted by atomic mass is 9.43. The molecule has 9 unspecified atom stereocenters. The highest BCUT2D eigenvalue weighted by atomic mass is 16.6. The van der Waals surface area contributed by atoms with Crippen LogP contribution in [0.25, 0.3) is 0 Å². The molecule has 0 amide bonds. The third kappa shape index (κ3) is 3.97. The SMILES string of the molecule is CC(=O)OC12CCC3C4CCC(C(C)CCCC(C)C)C4(C)CCC3C1(C)CCC(O)C2. The van der Waals surface area contributed by atoms with Gasteiger partial charge in [-0.05, 0) is 92.3 Å². The van der Waals surface area contributed by atoms with E-state index in [0.29, 0.717) is 17.8 Å². The number of hydrogen-bond donors (Lipinski definition) is 1. The molecule has 184 valence electrons. The Morgan fingerprint density at radius 1 is 0.969 bits per heavy atom. The molecule has 0 aliphatic heterocycles. The quantitative estimate of drug-likeness (QED) is 0.440. The van der Waals surface area contributed by atoms with Crippen LogP contribution in [0, 0.1) is 46.3 Å². The van der Waals surface area contributed by atoms with Crippen molar-refractivity contribution in [3.8, 4) is 0 Å². The molecule has 0 aromatic heterocycles. The van der Waals surface area contributed by atoms with Crippen LogP contribution in [0.15, 0.2) is 0 Å². The molecule has 3 nitrogen and oxygen atoms in total. The van der Waals surface area contributed by atoms with E-state index in [1.807, 2.05) is 0 Å². The number of carbonyl (C=O) groups excluding carboxylic acids is 1. The second kappa shape index (κ2) is 8.90. The highest BCUT2D eigenvalue weighted by Crippen LogP contribution is 2.69. The second-order valence-corrected chi connectivity index (χ2v) is 13.3. The third-order valence-electron chi connectivity index (χ3n) is 11.3. The van der Waals surface area contributed by atoms with E-state index < -0.39 is 5.60 Å². The van der Waals surface area contributed by atoms with E-state index in [1.54, 1.807) is 6.92 Å². The number of esters is 1. The van der Waals surface area contributed by atoms with Crippen molar-refractivity contribution in [1.82, 2.24) is 0 Å². The molecule has 9 atom stereocenters. The van der Waals surface area contributed by atoms with E-state index in [1.165, 1.54) is 51.4 Å². The molecule has 4 saturated carbocycles. The Bertz CT molecular complexity index is 688. The predicted octanol–water partition coefficient (Wildman–Crippen LogP) is 7.15. The summed E-state index contributed by atoms with van der Waals surface area (Å²) in [6.45, 7) is 13.9. The minimum Gasteiger partial charge on any atom is -0.459 e. The Balaban J connectivity index is 1.53. The molecule has 0 saturated heterocycles. The number of rotatable bonds is 6. The number of carbonyl (C=O) groups is 1. The largest absolute Gasteiger partial charge is 0.459 e. The maximum atomic E-state index is 12.1. The molecular formula is C29H50O3. The Kier molecular flexibility index (Phi) is 6.83. The fraction of sp³-hybridized carbons (Fsp3) is 0.966. The van der Waals surface area contributed by atoms with Crippen molar-refractivity contribution in [2.75, 3.05) is 0 Å². The lowest BCUT2D eigenvalue weighted by Gasteiger charge is -2.64. The van der Waals surface area contributed by atoms with Crippen molar-refractivity contribution in [2.45, 2.75) is 130 Å². The van der Waals surface area contributed by atoms with Gasteiger partial charge in [-0.2, -0.15) is 0 Å². The van der Waals surface area contributed by atoms with Gasteiger partial charge < -0.3 is 9.84 Å². The summed E-state index contributed by atoms with van der Waals surface area (Å²) >= 11 is 0. The maximum Gasteiger partial charge on any atom is 0.303 e. The van der Waals surface area contributed by atoms with Gasteiger partial charge in [-0.1, -0.05) is 53.9 Å². The predicted molar refractivity (Wildman–Crippen MR) is 130 cm³/mol. The summed E-state index contributed by atoms with van der Waals surface area (Å²) in [6, 6.07) is 0. The minimum atomic E-state index is -0.451. The van der Waals surface area contributed by atoms with Crippen LogP contribution in [-0.2, 0) is 9.53 Å². The van der Waals surface area contributed by atoms with Gasteiger partial charge in [0.1, 0.15) is 5.60 Å². The zero-order valence-electron chi connectivity index (χ0n) is 21.8. The first-order chi connectivity index (χ1) is 15.0. The normalized spacial score (nSPS) is 46.8. The lowest BCUT2D eigenvalue weighted by molar-refractivity contribution is -0.237. The molecule has 4 aliphatic rings. The summed E-state index contributed by atoms with van der Waals surface area (Å²) in [7, 11) is 0. The van der Waals surface area contributed by atoms with Gasteiger partial charge in [-0.15, -0.1) is 0 Å². The van der Waals surface area contributed by atoms with Crippen LogP contribution in [-0.4, -0.2) is 22.8 Å². The fourth-order valence-corrected chi connectivity index (χ4v) is 9.71. The van der Waals surface area contributed by atoms with Crippen molar-refractivity contribution < 1.29 is 14.6 Å². The van der Waals surface area contributed by atoms with Gasteiger partial charge in [0.15, 0.2) is 0 Å². The van der Waals surface area contributed by atoms with Gasteiger partial charge in [0.05, 0.1) is 6.10 Å². The molecule has 1 N–H and O–H groups in total. The highest BCUT2D eigenvalue weighted by molar-refractivity contribution is 5.66. The van der Waals surface area contributed by atoms with Crippen molar-refractivity contribution in [1.29, 1.82) is 0 Å². The standard InChI is InChI=1S/C29H50O3/c1-19(2)8-7-9-20(3)24-10-11-25-23-13-17-29(32-21(4)30)18-22(31)12-16-28(29,6)26(23)14-15-27(24,25)5/h19-20,22-26,31H,7-18H2,1-6H3. The van der Waals surface area contributed by atoms with Crippen molar-refractivity contribution >= 4 is 5.97 Å². The number of aliphatic hydroxyl groups excluding tert-OH is 1. The Morgan fingerprint density at radius 2 is 1.72 bits per heavy atom. The van der Waals surface area contributed by atoms with E-state index in [0.717, 1.165) is 48.9 Å². The highest BCUT2D eigenvalue weighted by Gasteiger charge is 2.66. The molecule has 0 aromatic rings. The number of aliphatic hydroxyl groups is 1. The summed E-state index contributed by atoms with van der Waals surface area (Å²) in [5, 5.41) is 10.5. The van der Waals surface area contributed by atoms with E-state index in [2.05, 4.69) is 34.6 Å². The molecule has 0 bridgehead atoms. The summed E-state index contributed by atoms with van der Waals surface area (Å²) < 4.78 is 6.17. The average molecular weight is 447 g/mol. The fourth-order valence-electron chi connectivity index (χ4n) is 9.71. The Labute approximate surface area is 197 Å². The van der Waals surface area contributed by atoms with Gasteiger partial charge in [-0.3, -0.25) is 4.79 Å². The first-order valence-corrected chi connectivity index (χ1v) is 13.9. The summed E-state index contributed by atoms with van der Waals surface area (Å²) in [6.07, 6.45) is 13.9.